The van der Waals surface area contributed by atoms with Crippen LogP contribution in [0.1, 0.15) is 40.4 Å². The van der Waals surface area contributed by atoms with E-state index in [0.29, 0.717) is 12.5 Å². The van der Waals surface area contributed by atoms with Gasteiger partial charge in [0.1, 0.15) is 0 Å². The molecule has 3 heterocycles. The number of rotatable bonds is 7. The minimum atomic E-state index is -3.76. The van der Waals surface area contributed by atoms with Crippen molar-refractivity contribution in [1.29, 1.82) is 0 Å². The first-order valence-corrected chi connectivity index (χ1v) is 10.8. The van der Waals surface area contributed by atoms with Crippen molar-refractivity contribution in [3.05, 3.63) is 53.3 Å². The average Bonchev–Trinajstić information content (AvgIpc) is 3.11. The van der Waals surface area contributed by atoms with Crippen molar-refractivity contribution in [2.75, 3.05) is 40.3 Å². The van der Waals surface area contributed by atoms with Gasteiger partial charge in [0.05, 0.1) is 5.56 Å². The molecule has 1 aromatic heterocycles. The molecule has 0 radical (unpaired) electrons. The third-order valence-corrected chi connectivity index (χ3v) is 5.95. The van der Waals surface area contributed by atoms with E-state index in [9.17, 15) is 13.6 Å². The Kier molecular flexibility index (Phi) is 6.57. The standard InChI is InChI=1S/C23H28F2N4O3/c1-26-10-13-29-11-7-17(8-12-29)19-14-16(6-9-27-19)15-28(2)22(30)18-4-3-5-20-21(18)32-23(24,25)31-20/h3-6,9,14,17,26H,7-8,10-13,15H2,1-2H3. The van der Waals surface area contributed by atoms with Crippen molar-refractivity contribution in [2.45, 2.75) is 31.6 Å². The Balaban J connectivity index is 1.40. The summed E-state index contributed by atoms with van der Waals surface area (Å²) in [7, 11) is 3.60. The number of likely N-dealkylation sites (N-methyl/N-ethyl adjacent to an activating group) is 1. The van der Waals surface area contributed by atoms with E-state index in [-0.39, 0.29) is 17.1 Å². The van der Waals surface area contributed by atoms with Crippen LogP contribution in [0.5, 0.6) is 11.5 Å². The van der Waals surface area contributed by atoms with Gasteiger partial charge < -0.3 is 24.6 Å². The Bertz CT molecular complexity index is 964. The number of piperidine rings is 1. The van der Waals surface area contributed by atoms with Crippen LogP contribution in [0, 0.1) is 0 Å². The van der Waals surface area contributed by atoms with Crippen LogP contribution in [0.15, 0.2) is 36.5 Å². The van der Waals surface area contributed by atoms with Gasteiger partial charge in [-0.2, -0.15) is 0 Å². The zero-order valence-electron chi connectivity index (χ0n) is 18.3. The Morgan fingerprint density at radius 1 is 1.28 bits per heavy atom. The summed E-state index contributed by atoms with van der Waals surface area (Å²) in [5, 5.41) is 3.18. The number of halogens is 2. The molecule has 172 valence electrons. The van der Waals surface area contributed by atoms with Gasteiger partial charge in [-0.1, -0.05) is 6.07 Å². The van der Waals surface area contributed by atoms with E-state index >= 15 is 0 Å². The zero-order chi connectivity index (χ0) is 22.7. The first-order chi connectivity index (χ1) is 15.4. The number of aromatic nitrogens is 1. The molecule has 7 nitrogen and oxygen atoms in total. The number of nitrogens with one attached hydrogen (secondary N) is 1. The number of benzene rings is 1. The van der Waals surface area contributed by atoms with Crippen LogP contribution in [-0.2, 0) is 6.54 Å². The van der Waals surface area contributed by atoms with Gasteiger partial charge in [-0.15, -0.1) is 8.78 Å². The van der Waals surface area contributed by atoms with Crippen LogP contribution in [-0.4, -0.2) is 67.3 Å². The fourth-order valence-electron chi connectivity index (χ4n) is 4.23. The van der Waals surface area contributed by atoms with Gasteiger partial charge in [0.15, 0.2) is 11.5 Å². The molecule has 1 saturated heterocycles. The van der Waals surface area contributed by atoms with Crippen molar-refractivity contribution in [1.82, 2.24) is 20.1 Å². The van der Waals surface area contributed by atoms with E-state index < -0.39 is 12.2 Å². The molecule has 1 aromatic carbocycles. The molecule has 4 rings (SSSR count). The molecule has 0 bridgehead atoms. The maximum absolute atomic E-state index is 13.5. The largest absolute Gasteiger partial charge is 0.586 e. The number of hydrogen-bond donors (Lipinski definition) is 1. The summed E-state index contributed by atoms with van der Waals surface area (Å²) in [4.78, 5) is 21.5. The lowest BCUT2D eigenvalue weighted by atomic mass is 9.92. The molecule has 0 unspecified atom stereocenters. The maximum atomic E-state index is 13.5. The predicted octanol–water partition coefficient (Wildman–Crippen LogP) is 3.07. The minimum Gasteiger partial charge on any atom is -0.395 e. The summed E-state index contributed by atoms with van der Waals surface area (Å²) in [5.74, 6) is -0.386. The van der Waals surface area contributed by atoms with Crippen molar-refractivity contribution in [3.63, 3.8) is 0 Å². The lowest BCUT2D eigenvalue weighted by Crippen LogP contribution is -2.37. The third kappa shape index (κ3) is 4.99. The second-order valence-corrected chi connectivity index (χ2v) is 8.27. The van der Waals surface area contributed by atoms with Gasteiger partial charge in [-0.05, 0) is 62.8 Å². The summed E-state index contributed by atoms with van der Waals surface area (Å²) < 4.78 is 35.9. The fraction of sp³-hybridized carbons (Fsp3) is 0.478. The molecule has 0 atom stereocenters. The first kappa shape index (κ1) is 22.4. The summed E-state index contributed by atoms with van der Waals surface area (Å²) in [6, 6.07) is 8.23. The van der Waals surface area contributed by atoms with E-state index in [1.807, 2.05) is 19.2 Å². The lowest BCUT2D eigenvalue weighted by molar-refractivity contribution is -0.286. The number of ether oxygens (including phenoxy) is 2. The van der Waals surface area contributed by atoms with Crippen LogP contribution in [0.3, 0.4) is 0 Å². The Hall–Kier alpha value is -2.78. The number of carbonyl (C=O) groups excluding carboxylic acids is 1. The quantitative estimate of drug-likeness (QED) is 0.705. The Morgan fingerprint density at radius 3 is 2.81 bits per heavy atom. The summed E-state index contributed by atoms with van der Waals surface area (Å²) in [6.07, 6.45) is 0.112. The molecule has 0 aliphatic carbocycles. The summed E-state index contributed by atoms with van der Waals surface area (Å²) in [6.45, 7) is 4.45. The number of fused-ring (bicyclic) bond motifs is 1. The highest BCUT2D eigenvalue weighted by molar-refractivity contribution is 5.97. The summed E-state index contributed by atoms with van der Waals surface area (Å²) in [5.41, 5.74) is 2.03. The van der Waals surface area contributed by atoms with Crippen molar-refractivity contribution in [3.8, 4) is 11.5 Å². The normalized spacial score (nSPS) is 18.0. The van der Waals surface area contributed by atoms with Crippen LogP contribution in [0.4, 0.5) is 8.78 Å². The first-order valence-electron chi connectivity index (χ1n) is 10.8. The molecule has 0 spiro atoms. The third-order valence-electron chi connectivity index (χ3n) is 5.95. The average molecular weight is 446 g/mol. The zero-order valence-corrected chi connectivity index (χ0v) is 18.3. The number of carbonyl (C=O) groups is 1. The molecule has 1 fully saturated rings. The van der Waals surface area contributed by atoms with Gasteiger partial charge in [-0.3, -0.25) is 9.78 Å². The highest BCUT2D eigenvalue weighted by atomic mass is 19.3. The molecule has 9 heteroatoms. The van der Waals surface area contributed by atoms with Crippen molar-refractivity contribution in [2.24, 2.45) is 0 Å². The van der Waals surface area contributed by atoms with Crippen molar-refractivity contribution >= 4 is 5.91 Å². The number of pyridine rings is 1. The second kappa shape index (κ2) is 9.38. The number of para-hydroxylation sites is 1. The minimum absolute atomic E-state index is 0.0467. The van der Waals surface area contributed by atoms with E-state index in [2.05, 4.69) is 24.7 Å². The molecular weight excluding hydrogens is 418 g/mol. The van der Waals surface area contributed by atoms with Crippen LogP contribution in [0.25, 0.3) is 0 Å². The molecule has 32 heavy (non-hydrogen) atoms. The smallest absolute Gasteiger partial charge is 0.395 e. The monoisotopic (exact) mass is 446 g/mol. The molecule has 2 aliphatic rings. The molecule has 0 saturated carbocycles. The van der Waals surface area contributed by atoms with Gasteiger partial charge in [0, 0.05) is 44.5 Å². The van der Waals surface area contributed by atoms with Gasteiger partial charge in [-0.25, -0.2) is 0 Å². The van der Waals surface area contributed by atoms with Crippen molar-refractivity contribution < 1.29 is 23.0 Å². The molecule has 2 aromatic rings. The van der Waals surface area contributed by atoms with Gasteiger partial charge in [0.25, 0.3) is 5.91 Å². The Morgan fingerprint density at radius 2 is 2.06 bits per heavy atom. The molecule has 2 aliphatic heterocycles. The second-order valence-electron chi connectivity index (χ2n) is 8.27. The number of alkyl halides is 2. The highest BCUT2D eigenvalue weighted by Gasteiger charge is 2.45. The van der Waals surface area contributed by atoms with E-state index in [4.69, 9.17) is 0 Å². The number of hydrogen-bond acceptors (Lipinski definition) is 6. The van der Waals surface area contributed by atoms with Gasteiger partial charge in [0.2, 0.25) is 0 Å². The highest BCUT2D eigenvalue weighted by Crippen LogP contribution is 2.43. The van der Waals surface area contributed by atoms with Crippen LogP contribution < -0.4 is 14.8 Å². The SMILES string of the molecule is CNCCN1CCC(c2cc(CN(C)C(=O)c3cccc4c3OC(F)(F)O4)ccn2)CC1. The lowest BCUT2D eigenvalue weighted by Gasteiger charge is -2.31. The van der Waals surface area contributed by atoms with E-state index in [0.717, 1.165) is 50.3 Å². The number of nitrogens with zero attached hydrogens (tertiary/aromatic N) is 3. The van der Waals surface area contributed by atoms with E-state index in [1.54, 1.807) is 13.2 Å². The van der Waals surface area contributed by atoms with Gasteiger partial charge >= 0.3 is 6.29 Å². The molecular formula is C23H28F2N4O3. The van der Waals surface area contributed by atoms with E-state index in [1.165, 1.54) is 23.1 Å². The molecule has 1 amide bonds. The van der Waals surface area contributed by atoms with Crippen LogP contribution in [0.2, 0.25) is 0 Å². The summed E-state index contributed by atoms with van der Waals surface area (Å²) >= 11 is 0. The maximum Gasteiger partial charge on any atom is 0.586 e. The molecule has 1 N–H and O–H groups in total. The Labute approximate surface area is 186 Å². The number of likely N-dealkylation sites (tertiary alicyclic amines) is 1. The fourth-order valence-corrected chi connectivity index (χ4v) is 4.23. The predicted molar refractivity (Wildman–Crippen MR) is 115 cm³/mol. The number of amides is 1. The topological polar surface area (TPSA) is 66.9 Å². The van der Waals surface area contributed by atoms with Crippen LogP contribution >= 0.6 is 0 Å².